The lowest BCUT2D eigenvalue weighted by Gasteiger charge is -2.06. The molecule has 5 heteroatoms. The molecule has 0 aromatic carbocycles. The van der Waals surface area contributed by atoms with Gasteiger partial charge in [0.2, 0.25) is 0 Å². The number of carbonyl (C=O) groups excluding carboxylic acids is 2. The fraction of sp³-hybridized carbons (Fsp3) is 0.600. The molecule has 1 heterocycles. The van der Waals surface area contributed by atoms with E-state index >= 15 is 0 Å². The van der Waals surface area contributed by atoms with Gasteiger partial charge < -0.3 is 10.6 Å². The number of aliphatic imine (C=N–C) groups is 1. The molecule has 0 fully saturated rings. The maximum absolute atomic E-state index is 8.12. The van der Waals surface area contributed by atoms with Crippen LogP contribution in [0.25, 0.3) is 0 Å². The highest BCUT2D eigenvalue weighted by Crippen LogP contribution is 1.90. The monoisotopic (exact) mass is 143 g/mol. The second-order valence-electron chi connectivity index (χ2n) is 1.74. The lowest BCUT2D eigenvalue weighted by Crippen LogP contribution is -2.29. The highest BCUT2D eigenvalue weighted by molar-refractivity contribution is 5.79. The van der Waals surface area contributed by atoms with Gasteiger partial charge in [-0.25, -0.2) is 0 Å². The third kappa shape index (κ3) is 2.84. The first kappa shape index (κ1) is 8.65. The van der Waals surface area contributed by atoms with Crippen LogP contribution in [0.5, 0.6) is 0 Å². The van der Waals surface area contributed by atoms with Crippen molar-refractivity contribution in [3.8, 4) is 0 Å². The van der Waals surface area contributed by atoms with E-state index in [0.717, 1.165) is 13.1 Å². The van der Waals surface area contributed by atoms with Crippen LogP contribution in [0.1, 0.15) is 0 Å². The number of nitrogens with zero attached hydrogens (tertiary/aromatic N) is 2. The van der Waals surface area contributed by atoms with E-state index in [1.165, 1.54) is 0 Å². The molecule has 0 saturated carbocycles. The van der Waals surface area contributed by atoms with Crippen LogP contribution in [-0.2, 0) is 9.59 Å². The van der Waals surface area contributed by atoms with Crippen molar-refractivity contribution in [2.24, 2.45) is 10.7 Å². The summed E-state index contributed by atoms with van der Waals surface area (Å²) in [6.45, 7) is 1.84. The van der Waals surface area contributed by atoms with Crippen LogP contribution >= 0.6 is 0 Å². The minimum absolute atomic E-state index is 0.250. The Kier molecular flexibility index (Phi) is 3.91. The zero-order chi connectivity index (χ0) is 7.98. The van der Waals surface area contributed by atoms with Crippen LogP contribution in [-0.4, -0.2) is 37.1 Å². The van der Waals surface area contributed by atoms with Gasteiger partial charge in [0.1, 0.15) is 0 Å². The molecule has 0 amide bonds. The molecule has 1 aliphatic heterocycles. The quantitative estimate of drug-likeness (QED) is 0.455. The minimum atomic E-state index is 0.250. The van der Waals surface area contributed by atoms with Gasteiger partial charge in [0.15, 0.2) is 5.96 Å². The van der Waals surface area contributed by atoms with Gasteiger partial charge in [0.25, 0.3) is 0 Å². The van der Waals surface area contributed by atoms with Crippen LogP contribution in [0, 0.1) is 0 Å². The standard InChI is InChI=1S/C4H9N3.CO2/c1-7-3-2-6-4(7)5;2-1-3/h2-3H2,1H3,(H2,5,6);. The Morgan fingerprint density at radius 1 is 1.70 bits per heavy atom. The van der Waals surface area contributed by atoms with Crippen LogP contribution in [0.3, 0.4) is 0 Å². The highest BCUT2D eigenvalue weighted by atomic mass is 16.2. The lowest BCUT2D eigenvalue weighted by molar-refractivity contribution is -0.191. The van der Waals surface area contributed by atoms with Gasteiger partial charge in [-0.3, -0.25) is 4.99 Å². The Hall–Kier alpha value is -1.35. The third-order valence-electron chi connectivity index (χ3n) is 1.10. The highest BCUT2D eigenvalue weighted by Gasteiger charge is 2.05. The molecule has 0 spiro atoms. The van der Waals surface area contributed by atoms with Crippen molar-refractivity contribution in [2.75, 3.05) is 20.1 Å². The number of likely N-dealkylation sites (N-methyl/N-ethyl adjacent to an activating group) is 1. The molecule has 1 aliphatic rings. The molecule has 0 aliphatic carbocycles. The molecule has 5 nitrogen and oxygen atoms in total. The second kappa shape index (κ2) is 4.52. The number of rotatable bonds is 0. The van der Waals surface area contributed by atoms with Crippen molar-refractivity contribution < 1.29 is 9.59 Å². The van der Waals surface area contributed by atoms with Gasteiger partial charge in [-0.15, -0.1) is 0 Å². The summed E-state index contributed by atoms with van der Waals surface area (Å²) in [4.78, 5) is 22.1. The van der Waals surface area contributed by atoms with Crippen LogP contribution in [0.2, 0.25) is 0 Å². The second-order valence-corrected chi connectivity index (χ2v) is 1.74. The first-order valence-electron chi connectivity index (χ1n) is 2.72. The van der Waals surface area contributed by atoms with E-state index in [1.54, 1.807) is 0 Å². The number of nitrogens with two attached hydrogens (primary N) is 1. The van der Waals surface area contributed by atoms with Crippen LogP contribution in [0.4, 0.5) is 0 Å². The Morgan fingerprint density at radius 3 is 2.30 bits per heavy atom. The van der Waals surface area contributed by atoms with E-state index in [0.29, 0.717) is 5.96 Å². The minimum Gasteiger partial charge on any atom is -0.370 e. The van der Waals surface area contributed by atoms with Gasteiger partial charge in [-0.05, 0) is 0 Å². The largest absolute Gasteiger partial charge is 0.373 e. The summed E-state index contributed by atoms with van der Waals surface area (Å²) in [6, 6.07) is 0. The van der Waals surface area contributed by atoms with Gasteiger partial charge in [0.05, 0.1) is 6.54 Å². The summed E-state index contributed by atoms with van der Waals surface area (Å²) in [7, 11) is 1.94. The van der Waals surface area contributed by atoms with Crippen molar-refractivity contribution in [3.05, 3.63) is 0 Å². The summed E-state index contributed by atoms with van der Waals surface area (Å²) in [6.07, 6.45) is 0.250. The number of hydrogen-bond donors (Lipinski definition) is 1. The van der Waals surface area contributed by atoms with E-state index in [1.807, 2.05) is 11.9 Å². The molecule has 0 unspecified atom stereocenters. The van der Waals surface area contributed by atoms with Gasteiger partial charge >= 0.3 is 6.15 Å². The average Bonchev–Trinajstić information content (AvgIpc) is 2.19. The number of guanidine groups is 1. The molecule has 56 valence electrons. The van der Waals surface area contributed by atoms with Crippen LogP contribution in [0.15, 0.2) is 4.99 Å². The van der Waals surface area contributed by atoms with E-state index in [-0.39, 0.29) is 6.15 Å². The zero-order valence-corrected chi connectivity index (χ0v) is 5.70. The Bertz CT molecular complexity index is 160. The molecule has 10 heavy (non-hydrogen) atoms. The smallest absolute Gasteiger partial charge is 0.370 e. The van der Waals surface area contributed by atoms with Crippen molar-refractivity contribution >= 4 is 12.1 Å². The third-order valence-corrected chi connectivity index (χ3v) is 1.10. The molecule has 0 aromatic heterocycles. The summed E-state index contributed by atoms with van der Waals surface area (Å²) in [5.41, 5.74) is 5.35. The van der Waals surface area contributed by atoms with Crippen molar-refractivity contribution in [1.82, 2.24) is 4.90 Å². The molecule has 0 atom stereocenters. The maximum atomic E-state index is 8.12. The first-order valence-corrected chi connectivity index (χ1v) is 2.72. The Labute approximate surface area is 58.5 Å². The number of hydrogen-bond acceptors (Lipinski definition) is 5. The lowest BCUT2D eigenvalue weighted by atomic mass is 10.6. The fourth-order valence-corrected chi connectivity index (χ4v) is 0.550. The maximum Gasteiger partial charge on any atom is 0.373 e. The molecule has 0 aromatic rings. The van der Waals surface area contributed by atoms with E-state index in [4.69, 9.17) is 15.3 Å². The molecule has 0 radical (unpaired) electrons. The topological polar surface area (TPSA) is 75.8 Å². The molecule has 0 bridgehead atoms. The van der Waals surface area contributed by atoms with E-state index in [9.17, 15) is 0 Å². The first-order chi connectivity index (χ1) is 4.72. The predicted octanol–water partition coefficient (Wildman–Crippen LogP) is -1.34. The normalized spacial score (nSPS) is 14.9. The zero-order valence-electron chi connectivity index (χ0n) is 5.70. The molecular weight excluding hydrogens is 134 g/mol. The summed E-state index contributed by atoms with van der Waals surface area (Å²) >= 11 is 0. The van der Waals surface area contributed by atoms with Crippen molar-refractivity contribution in [1.29, 1.82) is 0 Å². The molecule has 2 N–H and O–H groups in total. The van der Waals surface area contributed by atoms with Gasteiger partial charge in [-0.1, -0.05) is 0 Å². The fourth-order valence-electron chi connectivity index (χ4n) is 0.550. The van der Waals surface area contributed by atoms with Gasteiger partial charge in [-0.2, -0.15) is 9.59 Å². The average molecular weight is 143 g/mol. The molecule has 1 rings (SSSR count). The van der Waals surface area contributed by atoms with Gasteiger partial charge in [0, 0.05) is 13.6 Å². The summed E-state index contributed by atoms with van der Waals surface area (Å²) in [5.74, 6) is 0.667. The summed E-state index contributed by atoms with van der Waals surface area (Å²) < 4.78 is 0. The van der Waals surface area contributed by atoms with Crippen molar-refractivity contribution in [3.63, 3.8) is 0 Å². The Balaban J connectivity index is 0.000000236. The summed E-state index contributed by atoms with van der Waals surface area (Å²) in [5, 5.41) is 0. The van der Waals surface area contributed by atoms with E-state index in [2.05, 4.69) is 4.99 Å². The van der Waals surface area contributed by atoms with E-state index < -0.39 is 0 Å². The Morgan fingerprint density at radius 2 is 2.20 bits per heavy atom. The molecular formula is C5H9N3O2. The molecule has 0 saturated heterocycles. The SMILES string of the molecule is CN1CCN=C1N.O=C=O. The van der Waals surface area contributed by atoms with Crippen LogP contribution < -0.4 is 5.73 Å². The van der Waals surface area contributed by atoms with Crippen molar-refractivity contribution in [2.45, 2.75) is 0 Å². The predicted molar refractivity (Wildman–Crippen MR) is 34.1 cm³/mol.